The molecule has 2 aromatic carbocycles. The Morgan fingerprint density at radius 1 is 0.743 bits per heavy atom. The van der Waals surface area contributed by atoms with E-state index in [0.717, 1.165) is 60.4 Å². The lowest BCUT2D eigenvalue weighted by atomic mass is 10.1. The van der Waals surface area contributed by atoms with Crippen LogP contribution in [0.3, 0.4) is 0 Å². The molecule has 2 aromatic rings. The zero-order chi connectivity index (χ0) is 25.7. The maximum Gasteiger partial charge on any atom is 0.329 e. The Morgan fingerprint density at radius 2 is 1.14 bits per heavy atom. The van der Waals surface area contributed by atoms with Crippen LogP contribution in [0.5, 0.6) is 11.5 Å². The van der Waals surface area contributed by atoms with Crippen molar-refractivity contribution in [2.75, 3.05) is 54.0 Å². The largest absolute Gasteiger partial charge is 0.453 e. The van der Waals surface area contributed by atoms with Crippen LogP contribution < -0.4 is 19.4 Å². The van der Waals surface area contributed by atoms with Crippen LogP contribution in [0.1, 0.15) is 55.4 Å². The Hall–Kier alpha value is -2.89. The summed E-state index contributed by atoms with van der Waals surface area (Å²) in [7, 11) is 0. The highest BCUT2D eigenvalue weighted by molar-refractivity contribution is 6.04. The van der Waals surface area contributed by atoms with Gasteiger partial charge in [-0.05, 0) is 63.8 Å². The van der Waals surface area contributed by atoms with Crippen LogP contribution >= 0.6 is 0 Å². The molecule has 0 radical (unpaired) electrons. The lowest BCUT2D eigenvalue weighted by molar-refractivity contribution is 0.192. The van der Waals surface area contributed by atoms with E-state index in [2.05, 4.69) is 89.5 Å². The monoisotopic (exact) mass is 480 g/mol. The molecule has 1 heterocycles. The summed E-state index contributed by atoms with van der Waals surface area (Å²) in [6.07, 6.45) is 0. The number of hydrogen-bond acceptors (Lipinski definition) is 4. The Balaban J connectivity index is 2.14. The summed E-state index contributed by atoms with van der Waals surface area (Å²) in [5, 5.41) is 0. The molecule has 1 aliphatic rings. The molecule has 0 saturated heterocycles. The highest BCUT2D eigenvalue weighted by atomic mass is 16.5. The molecular formula is C29H44N4O2. The molecule has 0 aliphatic carbocycles. The average molecular weight is 481 g/mol. The predicted octanol–water partition coefficient (Wildman–Crippen LogP) is 7.36. The van der Waals surface area contributed by atoms with Crippen molar-refractivity contribution < 1.29 is 9.53 Å². The maximum atomic E-state index is 14.1. The first-order valence-electron chi connectivity index (χ1n) is 13.3. The molecule has 0 aromatic heterocycles. The van der Waals surface area contributed by atoms with Gasteiger partial charge >= 0.3 is 6.03 Å². The van der Waals surface area contributed by atoms with Gasteiger partial charge < -0.3 is 19.4 Å². The summed E-state index contributed by atoms with van der Waals surface area (Å²) in [5.74, 6) is 2.21. The van der Waals surface area contributed by atoms with Gasteiger partial charge in [-0.3, -0.25) is 4.90 Å². The number of benzene rings is 2. The number of anilines is 4. The van der Waals surface area contributed by atoms with Crippen molar-refractivity contribution in [1.82, 2.24) is 4.90 Å². The fourth-order valence-electron chi connectivity index (χ4n) is 4.82. The maximum absolute atomic E-state index is 14.1. The molecule has 35 heavy (non-hydrogen) atoms. The Labute approximate surface area is 212 Å². The second kappa shape index (κ2) is 11.7. The molecule has 0 fully saturated rings. The van der Waals surface area contributed by atoms with Gasteiger partial charge in [0.25, 0.3) is 0 Å². The quantitative estimate of drug-likeness (QED) is 0.356. The standard InChI is InChI=1S/C29H44N4O2/c1-9-30(10-2)23-13-15-25-27(17-23)35-28-18-24(31(11-3)12-4)14-16-26(28)33(25)29(34)32(19-21(5)6)20-22(7)8/h13-18,21-22H,9-12,19-20H2,1-8H3. The van der Waals surface area contributed by atoms with Crippen molar-refractivity contribution in [3.05, 3.63) is 36.4 Å². The van der Waals surface area contributed by atoms with Gasteiger partial charge in [0, 0.05) is 62.8 Å². The van der Waals surface area contributed by atoms with E-state index in [1.807, 2.05) is 21.9 Å². The topological polar surface area (TPSA) is 39.3 Å². The van der Waals surface area contributed by atoms with Crippen molar-refractivity contribution in [3.63, 3.8) is 0 Å². The lowest BCUT2D eigenvalue weighted by Gasteiger charge is -2.37. The number of rotatable bonds is 10. The number of urea groups is 1. The summed E-state index contributed by atoms with van der Waals surface area (Å²) in [4.78, 5) is 22.6. The molecule has 0 saturated carbocycles. The summed E-state index contributed by atoms with van der Waals surface area (Å²) < 4.78 is 6.49. The normalized spacial score (nSPS) is 12.3. The van der Waals surface area contributed by atoms with Crippen LogP contribution in [0.25, 0.3) is 0 Å². The smallest absolute Gasteiger partial charge is 0.329 e. The fourth-order valence-corrected chi connectivity index (χ4v) is 4.82. The minimum Gasteiger partial charge on any atom is -0.453 e. The predicted molar refractivity (Wildman–Crippen MR) is 149 cm³/mol. The molecular weight excluding hydrogens is 436 g/mol. The highest BCUT2D eigenvalue weighted by Crippen LogP contribution is 2.49. The van der Waals surface area contributed by atoms with Gasteiger partial charge in [0.05, 0.1) is 11.4 Å². The van der Waals surface area contributed by atoms with Crippen LogP contribution in [0.4, 0.5) is 27.5 Å². The van der Waals surface area contributed by atoms with Gasteiger partial charge in [0.1, 0.15) is 0 Å². The first-order chi connectivity index (χ1) is 16.7. The van der Waals surface area contributed by atoms with Crippen molar-refractivity contribution in [3.8, 4) is 11.5 Å². The van der Waals surface area contributed by atoms with E-state index in [0.29, 0.717) is 24.9 Å². The Kier molecular flexibility index (Phi) is 8.92. The third-order valence-corrected chi connectivity index (χ3v) is 6.48. The molecule has 2 amide bonds. The molecule has 0 N–H and O–H groups in total. The third-order valence-electron chi connectivity index (χ3n) is 6.48. The van der Waals surface area contributed by atoms with E-state index in [9.17, 15) is 4.79 Å². The molecule has 0 bridgehead atoms. The van der Waals surface area contributed by atoms with Crippen molar-refractivity contribution in [1.29, 1.82) is 0 Å². The van der Waals surface area contributed by atoms with E-state index in [1.54, 1.807) is 0 Å². The first-order valence-corrected chi connectivity index (χ1v) is 13.3. The Morgan fingerprint density at radius 3 is 1.49 bits per heavy atom. The average Bonchev–Trinajstić information content (AvgIpc) is 2.82. The fraction of sp³-hybridized carbons (Fsp3) is 0.552. The SMILES string of the molecule is CCN(CC)c1ccc2c(c1)Oc1cc(N(CC)CC)ccc1N2C(=O)N(CC(C)C)CC(C)C. The lowest BCUT2D eigenvalue weighted by Crippen LogP contribution is -2.45. The number of ether oxygens (including phenoxy) is 1. The number of nitrogens with zero attached hydrogens (tertiary/aromatic N) is 4. The summed E-state index contributed by atoms with van der Waals surface area (Å²) >= 11 is 0. The van der Waals surface area contributed by atoms with Gasteiger partial charge in [-0.1, -0.05) is 27.7 Å². The molecule has 0 spiro atoms. The number of hydrogen-bond donors (Lipinski definition) is 0. The van der Waals surface area contributed by atoms with Crippen molar-refractivity contribution in [2.24, 2.45) is 11.8 Å². The number of amides is 2. The van der Waals surface area contributed by atoms with Crippen LogP contribution in [0.2, 0.25) is 0 Å². The van der Waals surface area contributed by atoms with E-state index >= 15 is 0 Å². The molecule has 192 valence electrons. The van der Waals surface area contributed by atoms with Crippen LogP contribution in [0, 0.1) is 11.8 Å². The van der Waals surface area contributed by atoms with Crippen LogP contribution in [-0.4, -0.2) is 50.2 Å². The second-order valence-electron chi connectivity index (χ2n) is 10.1. The van der Waals surface area contributed by atoms with Crippen molar-refractivity contribution in [2.45, 2.75) is 55.4 Å². The number of carbonyl (C=O) groups is 1. The van der Waals surface area contributed by atoms with E-state index in [4.69, 9.17) is 4.74 Å². The van der Waals surface area contributed by atoms with E-state index in [-0.39, 0.29) is 6.03 Å². The van der Waals surface area contributed by atoms with E-state index in [1.165, 1.54) is 0 Å². The minimum absolute atomic E-state index is 0.00405. The van der Waals surface area contributed by atoms with Gasteiger partial charge in [0.15, 0.2) is 11.5 Å². The molecule has 6 heteroatoms. The minimum atomic E-state index is 0.00405. The van der Waals surface area contributed by atoms with Crippen LogP contribution in [-0.2, 0) is 0 Å². The third kappa shape index (κ3) is 5.85. The van der Waals surface area contributed by atoms with Gasteiger partial charge in [-0.2, -0.15) is 0 Å². The first kappa shape index (κ1) is 26.7. The molecule has 6 nitrogen and oxygen atoms in total. The number of fused-ring (bicyclic) bond motifs is 2. The summed E-state index contributed by atoms with van der Waals surface area (Å²) in [5.41, 5.74) is 3.80. The summed E-state index contributed by atoms with van der Waals surface area (Å²) in [6.45, 7) is 22.3. The molecule has 1 aliphatic heterocycles. The van der Waals surface area contributed by atoms with Gasteiger partial charge in [-0.15, -0.1) is 0 Å². The second-order valence-corrected chi connectivity index (χ2v) is 10.1. The van der Waals surface area contributed by atoms with Crippen molar-refractivity contribution >= 4 is 28.8 Å². The zero-order valence-corrected chi connectivity index (χ0v) is 23.0. The van der Waals surface area contributed by atoms with Gasteiger partial charge in [0.2, 0.25) is 0 Å². The highest BCUT2D eigenvalue weighted by Gasteiger charge is 2.33. The Bertz CT molecular complexity index is 925. The molecule has 0 unspecified atom stereocenters. The summed E-state index contributed by atoms with van der Waals surface area (Å²) in [6, 6.07) is 12.4. The van der Waals surface area contributed by atoms with E-state index < -0.39 is 0 Å². The number of carbonyl (C=O) groups excluding carboxylic acids is 1. The molecule has 0 atom stereocenters. The molecule has 3 rings (SSSR count). The van der Waals surface area contributed by atoms with Crippen LogP contribution in [0.15, 0.2) is 36.4 Å². The zero-order valence-electron chi connectivity index (χ0n) is 23.0. The van der Waals surface area contributed by atoms with Gasteiger partial charge in [-0.25, -0.2) is 4.79 Å².